The summed E-state index contributed by atoms with van der Waals surface area (Å²) in [5.74, 6) is 0.948. The number of aryl methyl sites for hydroxylation is 1. The van der Waals surface area contributed by atoms with Crippen molar-refractivity contribution in [1.82, 2.24) is 4.90 Å². The van der Waals surface area contributed by atoms with Gasteiger partial charge in [-0.25, -0.2) is 0 Å². The average molecular weight is 302 g/mol. The number of nitrogens with two attached hydrogens (primary N) is 1. The lowest BCUT2D eigenvalue weighted by atomic mass is 9.78. The molecule has 0 radical (unpaired) electrons. The first-order valence-electron chi connectivity index (χ1n) is 8.28. The van der Waals surface area contributed by atoms with Crippen LogP contribution in [0.4, 0.5) is 0 Å². The van der Waals surface area contributed by atoms with Crippen molar-refractivity contribution in [2.45, 2.75) is 58.0 Å². The number of thiocarbonyl (C=S) groups is 1. The van der Waals surface area contributed by atoms with Gasteiger partial charge in [-0.05, 0) is 62.3 Å². The molecule has 1 heterocycles. The second-order valence-corrected chi connectivity index (χ2v) is 7.17. The Morgan fingerprint density at radius 2 is 2.00 bits per heavy atom. The summed E-state index contributed by atoms with van der Waals surface area (Å²) < 4.78 is 0. The Morgan fingerprint density at radius 3 is 2.76 bits per heavy atom. The monoisotopic (exact) mass is 302 g/mol. The third-order valence-electron chi connectivity index (χ3n) is 5.36. The van der Waals surface area contributed by atoms with Gasteiger partial charge in [0.2, 0.25) is 0 Å². The maximum Gasteiger partial charge on any atom is 0.103 e. The number of piperidine rings is 1. The van der Waals surface area contributed by atoms with E-state index >= 15 is 0 Å². The SMILES string of the molecule is Cc1cc(C(N)=S)ccc1CN1CCCC2CCCCC21. The topological polar surface area (TPSA) is 29.3 Å². The minimum atomic E-state index is 0.495. The van der Waals surface area contributed by atoms with E-state index in [2.05, 4.69) is 30.0 Å². The smallest absolute Gasteiger partial charge is 0.103 e. The number of rotatable bonds is 3. The highest BCUT2D eigenvalue weighted by molar-refractivity contribution is 7.80. The van der Waals surface area contributed by atoms with Crippen molar-refractivity contribution >= 4 is 17.2 Å². The van der Waals surface area contributed by atoms with Gasteiger partial charge in [0.15, 0.2) is 0 Å². The molecule has 1 saturated heterocycles. The summed E-state index contributed by atoms with van der Waals surface area (Å²) in [5.41, 5.74) is 9.46. The second-order valence-electron chi connectivity index (χ2n) is 6.73. The Hall–Kier alpha value is -0.930. The van der Waals surface area contributed by atoms with Crippen molar-refractivity contribution in [2.24, 2.45) is 11.7 Å². The molecular weight excluding hydrogens is 276 g/mol. The lowest BCUT2D eigenvalue weighted by Crippen LogP contribution is -2.46. The summed E-state index contributed by atoms with van der Waals surface area (Å²) in [5, 5.41) is 0. The quantitative estimate of drug-likeness (QED) is 0.862. The highest BCUT2D eigenvalue weighted by atomic mass is 32.1. The fraction of sp³-hybridized carbons (Fsp3) is 0.611. The van der Waals surface area contributed by atoms with Gasteiger partial charge in [0.1, 0.15) is 4.99 Å². The first kappa shape index (κ1) is 15.0. The number of hydrogen-bond donors (Lipinski definition) is 1. The van der Waals surface area contributed by atoms with Crippen LogP contribution in [0, 0.1) is 12.8 Å². The Kier molecular flexibility index (Phi) is 4.60. The van der Waals surface area contributed by atoms with E-state index in [1.54, 1.807) is 0 Å². The molecule has 0 aromatic heterocycles. The van der Waals surface area contributed by atoms with E-state index in [9.17, 15) is 0 Å². The van der Waals surface area contributed by atoms with Gasteiger partial charge >= 0.3 is 0 Å². The molecule has 2 aliphatic rings. The summed E-state index contributed by atoms with van der Waals surface area (Å²) in [4.78, 5) is 3.23. The molecule has 2 unspecified atom stereocenters. The van der Waals surface area contributed by atoms with Crippen LogP contribution in [0.25, 0.3) is 0 Å². The molecular formula is C18H26N2S. The third kappa shape index (κ3) is 3.29. The molecule has 114 valence electrons. The zero-order valence-corrected chi connectivity index (χ0v) is 13.8. The van der Waals surface area contributed by atoms with Crippen LogP contribution in [-0.2, 0) is 6.54 Å². The van der Waals surface area contributed by atoms with Crippen LogP contribution in [0.2, 0.25) is 0 Å². The largest absolute Gasteiger partial charge is 0.389 e. The second kappa shape index (κ2) is 6.45. The molecule has 2 N–H and O–H groups in total. The van der Waals surface area contributed by atoms with Gasteiger partial charge in [-0.2, -0.15) is 0 Å². The number of likely N-dealkylation sites (tertiary alicyclic amines) is 1. The summed E-state index contributed by atoms with van der Waals surface area (Å²) in [6.45, 7) is 4.53. The average Bonchev–Trinajstić information content (AvgIpc) is 2.49. The van der Waals surface area contributed by atoms with Crippen molar-refractivity contribution in [3.8, 4) is 0 Å². The van der Waals surface area contributed by atoms with Gasteiger partial charge in [-0.15, -0.1) is 0 Å². The van der Waals surface area contributed by atoms with E-state index in [1.165, 1.54) is 56.2 Å². The van der Waals surface area contributed by atoms with Crippen LogP contribution in [0.1, 0.15) is 55.2 Å². The lowest BCUT2D eigenvalue weighted by Gasteiger charge is -2.44. The number of fused-ring (bicyclic) bond motifs is 1. The van der Waals surface area contributed by atoms with Gasteiger partial charge in [0.25, 0.3) is 0 Å². The summed E-state index contributed by atoms with van der Waals surface area (Å²) >= 11 is 5.07. The van der Waals surface area contributed by atoms with E-state index in [1.807, 2.05) is 0 Å². The van der Waals surface area contributed by atoms with Crippen LogP contribution >= 0.6 is 12.2 Å². The normalized spacial score (nSPS) is 26.3. The minimum Gasteiger partial charge on any atom is -0.389 e. The molecule has 1 saturated carbocycles. The van der Waals surface area contributed by atoms with Crippen molar-refractivity contribution in [2.75, 3.05) is 6.54 Å². The van der Waals surface area contributed by atoms with Gasteiger partial charge in [0.05, 0.1) is 0 Å². The highest BCUT2D eigenvalue weighted by Gasteiger charge is 2.33. The van der Waals surface area contributed by atoms with Crippen LogP contribution in [-0.4, -0.2) is 22.5 Å². The minimum absolute atomic E-state index is 0.495. The molecule has 0 bridgehead atoms. The molecule has 1 aliphatic heterocycles. The van der Waals surface area contributed by atoms with Crippen LogP contribution in [0.5, 0.6) is 0 Å². The Morgan fingerprint density at radius 1 is 1.24 bits per heavy atom. The highest BCUT2D eigenvalue weighted by Crippen LogP contribution is 2.36. The predicted molar refractivity (Wildman–Crippen MR) is 92.5 cm³/mol. The molecule has 1 aliphatic carbocycles. The zero-order valence-electron chi connectivity index (χ0n) is 13.0. The first-order valence-corrected chi connectivity index (χ1v) is 8.69. The molecule has 2 atom stereocenters. The Labute approximate surface area is 133 Å². The third-order valence-corrected chi connectivity index (χ3v) is 5.59. The van der Waals surface area contributed by atoms with Gasteiger partial charge in [-0.1, -0.05) is 37.2 Å². The molecule has 1 aromatic rings. The summed E-state index contributed by atoms with van der Waals surface area (Å²) in [6, 6.07) is 7.26. The van der Waals surface area contributed by atoms with Gasteiger partial charge in [-0.3, -0.25) is 4.90 Å². The molecule has 21 heavy (non-hydrogen) atoms. The fourth-order valence-corrected chi connectivity index (χ4v) is 4.30. The van der Waals surface area contributed by atoms with E-state index < -0.39 is 0 Å². The van der Waals surface area contributed by atoms with E-state index in [0.29, 0.717) is 4.99 Å². The number of benzene rings is 1. The zero-order chi connectivity index (χ0) is 14.8. The standard InChI is InChI=1S/C18H26N2S/c1-13-11-15(18(19)21)8-9-16(13)12-20-10-4-6-14-5-2-3-7-17(14)20/h8-9,11,14,17H,2-7,10,12H2,1H3,(H2,19,21). The van der Waals surface area contributed by atoms with Gasteiger partial charge in [0, 0.05) is 18.2 Å². The Bertz CT molecular complexity index is 524. The van der Waals surface area contributed by atoms with Crippen LogP contribution < -0.4 is 5.73 Å². The van der Waals surface area contributed by atoms with Crippen LogP contribution in [0.3, 0.4) is 0 Å². The molecule has 0 amide bonds. The number of hydrogen-bond acceptors (Lipinski definition) is 2. The lowest BCUT2D eigenvalue weighted by molar-refractivity contribution is 0.0545. The van der Waals surface area contributed by atoms with Crippen molar-refractivity contribution in [3.63, 3.8) is 0 Å². The molecule has 3 heteroatoms. The molecule has 1 aromatic carbocycles. The van der Waals surface area contributed by atoms with Crippen LogP contribution in [0.15, 0.2) is 18.2 Å². The Balaban J connectivity index is 1.74. The predicted octanol–water partition coefficient (Wildman–Crippen LogP) is 3.78. The molecule has 2 nitrogen and oxygen atoms in total. The summed E-state index contributed by atoms with van der Waals surface area (Å²) in [6.07, 6.45) is 8.51. The van der Waals surface area contributed by atoms with E-state index in [4.69, 9.17) is 18.0 Å². The summed E-state index contributed by atoms with van der Waals surface area (Å²) in [7, 11) is 0. The molecule has 2 fully saturated rings. The fourth-order valence-electron chi connectivity index (χ4n) is 4.17. The maximum absolute atomic E-state index is 5.73. The molecule has 3 rings (SSSR count). The van der Waals surface area contributed by atoms with Crippen molar-refractivity contribution in [3.05, 3.63) is 34.9 Å². The van der Waals surface area contributed by atoms with E-state index in [-0.39, 0.29) is 0 Å². The molecule has 0 spiro atoms. The van der Waals surface area contributed by atoms with Crippen molar-refractivity contribution in [1.29, 1.82) is 0 Å². The van der Waals surface area contributed by atoms with E-state index in [0.717, 1.165) is 24.1 Å². The van der Waals surface area contributed by atoms with Crippen molar-refractivity contribution < 1.29 is 0 Å². The van der Waals surface area contributed by atoms with Gasteiger partial charge < -0.3 is 5.73 Å². The maximum atomic E-state index is 5.73. The number of nitrogens with zero attached hydrogens (tertiary/aromatic N) is 1. The first-order chi connectivity index (χ1) is 10.1.